The lowest BCUT2D eigenvalue weighted by atomic mass is 10.1. The van der Waals surface area contributed by atoms with E-state index >= 15 is 0 Å². The second-order valence-corrected chi connectivity index (χ2v) is 6.71. The summed E-state index contributed by atoms with van der Waals surface area (Å²) in [5, 5.41) is 0. The van der Waals surface area contributed by atoms with E-state index in [-0.39, 0.29) is 0 Å². The Labute approximate surface area is 115 Å². The Bertz CT molecular complexity index is 563. The van der Waals surface area contributed by atoms with Gasteiger partial charge in [-0.3, -0.25) is 4.72 Å². The molecule has 1 aromatic rings. The van der Waals surface area contributed by atoms with Gasteiger partial charge in [-0.15, -0.1) is 0 Å². The maximum atomic E-state index is 12.3. The average Bonchev–Trinajstić information content (AvgIpc) is 2.40. The Morgan fingerprint density at radius 3 is 2.42 bits per heavy atom. The lowest BCUT2D eigenvalue weighted by Crippen LogP contribution is -2.39. The highest BCUT2D eigenvalue weighted by molar-refractivity contribution is 7.90. The van der Waals surface area contributed by atoms with Crippen LogP contribution in [0.15, 0.2) is 12.1 Å². The Morgan fingerprint density at radius 1 is 1.16 bits per heavy atom. The zero-order valence-electron chi connectivity index (χ0n) is 11.4. The molecule has 0 aromatic heterocycles. The first-order valence-corrected chi connectivity index (χ1v) is 7.99. The molecule has 0 spiro atoms. The van der Waals surface area contributed by atoms with Crippen molar-refractivity contribution in [2.45, 2.75) is 33.1 Å². The lowest BCUT2D eigenvalue weighted by molar-refractivity contribution is 0.349. The Balaban J connectivity index is 2.27. The predicted octanol–water partition coefficient (Wildman–Crippen LogP) is 2.03. The van der Waals surface area contributed by atoms with Gasteiger partial charge < -0.3 is 5.73 Å². The third-order valence-electron chi connectivity index (χ3n) is 3.60. The van der Waals surface area contributed by atoms with Crippen molar-refractivity contribution in [1.82, 2.24) is 4.31 Å². The van der Waals surface area contributed by atoms with Gasteiger partial charge in [-0.1, -0.05) is 12.5 Å². The lowest BCUT2D eigenvalue weighted by Gasteiger charge is -2.27. The minimum atomic E-state index is -3.47. The molecule has 0 bridgehead atoms. The Morgan fingerprint density at radius 2 is 1.79 bits per heavy atom. The molecule has 3 N–H and O–H groups in total. The van der Waals surface area contributed by atoms with Crippen LogP contribution in [-0.4, -0.2) is 25.8 Å². The highest BCUT2D eigenvalue weighted by atomic mass is 32.2. The molecular formula is C13H21N3O2S. The SMILES string of the molecule is Cc1ccc(N)c(C)c1NS(=O)(=O)N1CCCCC1. The molecule has 0 aliphatic carbocycles. The fourth-order valence-corrected chi connectivity index (χ4v) is 3.76. The van der Waals surface area contributed by atoms with Crippen LogP contribution in [0, 0.1) is 13.8 Å². The van der Waals surface area contributed by atoms with E-state index in [1.54, 1.807) is 6.07 Å². The molecule has 106 valence electrons. The summed E-state index contributed by atoms with van der Waals surface area (Å²) in [5.41, 5.74) is 8.70. The first-order valence-electron chi connectivity index (χ1n) is 6.55. The molecule has 5 nitrogen and oxygen atoms in total. The monoisotopic (exact) mass is 283 g/mol. The number of nitrogens with one attached hydrogen (secondary N) is 1. The van der Waals surface area contributed by atoms with E-state index in [2.05, 4.69) is 4.72 Å². The maximum Gasteiger partial charge on any atom is 0.301 e. The van der Waals surface area contributed by atoms with E-state index in [0.29, 0.717) is 24.5 Å². The van der Waals surface area contributed by atoms with Gasteiger partial charge in [-0.25, -0.2) is 0 Å². The minimum Gasteiger partial charge on any atom is -0.398 e. The van der Waals surface area contributed by atoms with E-state index < -0.39 is 10.2 Å². The summed E-state index contributed by atoms with van der Waals surface area (Å²) >= 11 is 0. The van der Waals surface area contributed by atoms with Crippen LogP contribution >= 0.6 is 0 Å². The molecule has 1 heterocycles. The van der Waals surface area contributed by atoms with Gasteiger partial charge in [0.2, 0.25) is 0 Å². The smallest absolute Gasteiger partial charge is 0.301 e. The van der Waals surface area contributed by atoms with Crippen LogP contribution in [0.4, 0.5) is 11.4 Å². The van der Waals surface area contributed by atoms with Crippen molar-refractivity contribution >= 4 is 21.6 Å². The van der Waals surface area contributed by atoms with Gasteiger partial charge in [-0.2, -0.15) is 12.7 Å². The molecule has 1 saturated heterocycles. The van der Waals surface area contributed by atoms with Crippen LogP contribution in [0.25, 0.3) is 0 Å². The quantitative estimate of drug-likeness (QED) is 0.833. The summed E-state index contributed by atoms with van der Waals surface area (Å²) in [6, 6.07) is 3.62. The summed E-state index contributed by atoms with van der Waals surface area (Å²) in [4.78, 5) is 0. The van der Waals surface area contributed by atoms with Crippen molar-refractivity contribution in [3.8, 4) is 0 Å². The first kappa shape index (κ1) is 14.1. The zero-order valence-corrected chi connectivity index (χ0v) is 12.3. The molecule has 0 unspecified atom stereocenters. The van der Waals surface area contributed by atoms with Crippen LogP contribution in [0.1, 0.15) is 30.4 Å². The molecule has 19 heavy (non-hydrogen) atoms. The molecule has 1 aliphatic heterocycles. The maximum absolute atomic E-state index is 12.3. The Kier molecular flexibility index (Phi) is 4.01. The van der Waals surface area contributed by atoms with E-state index in [4.69, 9.17) is 5.73 Å². The molecular weight excluding hydrogens is 262 g/mol. The van der Waals surface area contributed by atoms with Gasteiger partial charge in [0, 0.05) is 18.8 Å². The number of aryl methyl sites for hydroxylation is 1. The average molecular weight is 283 g/mol. The number of piperidine rings is 1. The van der Waals surface area contributed by atoms with Crippen LogP contribution < -0.4 is 10.5 Å². The van der Waals surface area contributed by atoms with E-state index in [1.165, 1.54) is 4.31 Å². The minimum absolute atomic E-state index is 0.593. The summed E-state index contributed by atoms with van der Waals surface area (Å²) < 4.78 is 28.9. The van der Waals surface area contributed by atoms with Crippen LogP contribution in [0.5, 0.6) is 0 Å². The fraction of sp³-hybridized carbons (Fsp3) is 0.538. The van der Waals surface area contributed by atoms with Crippen molar-refractivity contribution in [2.75, 3.05) is 23.5 Å². The summed E-state index contributed by atoms with van der Waals surface area (Å²) in [6.45, 7) is 4.89. The highest BCUT2D eigenvalue weighted by Gasteiger charge is 2.24. The third kappa shape index (κ3) is 3.01. The number of benzene rings is 1. The van der Waals surface area contributed by atoms with Gasteiger partial charge in [0.15, 0.2) is 0 Å². The molecule has 0 amide bonds. The number of nitrogen functional groups attached to an aromatic ring is 1. The van der Waals surface area contributed by atoms with E-state index in [1.807, 2.05) is 19.9 Å². The highest BCUT2D eigenvalue weighted by Crippen LogP contribution is 2.27. The van der Waals surface area contributed by atoms with Gasteiger partial charge in [-0.05, 0) is 43.9 Å². The topological polar surface area (TPSA) is 75.4 Å². The second kappa shape index (κ2) is 5.38. The van der Waals surface area contributed by atoms with Crippen molar-refractivity contribution in [3.63, 3.8) is 0 Å². The van der Waals surface area contributed by atoms with Crippen molar-refractivity contribution in [2.24, 2.45) is 0 Å². The van der Waals surface area contributed by atoms with Gasteiger partial charge in [0.25, 0.3) is 0 Å². The predicted molar refractivity (Wildman–Crippen MR) is 78.3 cm³/mol. The van der Waals surface area contributed by atoms with Crippen LogP contribution in [0.2, 0.25) is 0 Å². The van der Waals surface area contributed by atoms with Crippen molar-refractivity contribution in [3.05, 3.63) is 23.3 Å². The van der Waals surface area contributed by atoms with E-state index in [9.17, 15) is 8.42 Å². The van der Waals surface area contributed by atoms with Crippen LogP contribution in [0.3, 0.4) is 0 Å². The number of hydrogen-bond acceptors (Lipinski definition) is 3. The molecule has 2 rings (SSSR count). The normalized spacial score (nSPS) is 17.4. The number of rotatable bonds is 3. The summed E-state index contributed by atoms with van der Waals surface area (Å²) in [6.07, 6.45) is 2.95. The molecule has 1 fully saturated rings. The second-order valence-electron chi connectivity index (χ2n) is 5.04. The molecule has 0 atom stereocenters. The van der Waals surface area contributed by atoms with Gasteiger partial charge >= 0.3 is 10.2 Å². The molecule has 0 saturated carbocycles. The molecule has 1 aromatic carbocycles. The summed E-state index contributed by atoms with van der Waals surface area (Å²) in [7, 11) is -3.47. The summed E-state index contributed by atoms with van der Waals surface area (Å²) in [5.74, 6) is 0. The first-order chi connectivity index (χ1) is 8.92. The Hall–Kier alpha value is -1.27. The van der Waals surface area contributed by atoms with Gasteiger partial charge in [0.1, 0.15) is 0 Å². The molecule has 6 heteroatoms. The fourth-order valence-electron chi connectivity index (χ4n) is 2.32. The molecule has 1 aliphatic rings. The van der Waals surface area contributed by atoms with E-state index in [0.717, 1.165) is 30.4 Å². The van der Waals surface area contributed by atoms with Crippen LogP contribution in [-0.2, 0) is 10.2 Å². The number of nitrogens with two attached hydrogens (primary N) is 1. The molecule has 0 radical (unpaired) electrons. The zero-order chi connectivity index (χ0) is 14.0. The van der Waals surface area contributed by atoms with Crippen molar-refractivity contribution < 1.29 is 8.42 Å². The number of hydrogen-bond donors (Lipinski definition) is 2. The van der Waals surface area contributed by atoms with Gasteiger partial charge in [0.05, 0.1) is 5.69 Å². The third-order valence-corrected chi connectivity index (χ3v) is 5.11. The number of nitrogens with zero attached hydrogens (tertiary/aromatic N) is 1. The largest absolute Gasteiger partial charge is 0.398 e. The number of anilines is 2. The standard InChI is InChI=1S/C13H21N3O2S/c1-10-6-7-12(14)11(2)13(10)15-19(17,18)16-8-4-3-5-9-16/h6-7,15H,3-5,8-9,14H2,1-2H3. The van der Waals surface area contributed by atoms with Crippen molar-refractivity contribution in [1.29, 1.82) is 0 Å².